The smallest absolute Gasteiger partial charge is 0.229 e. The number of rotatable bonds is 10. The van der Waals surface area contributed by atoms with Crippen molar-refractivity contribution in [2.75, 3.05) is 49.1 Å². The van der Waals surface area contributed by atoms with E-state index in [9.17, 15) is 4.57 Å². The highest BCUT2D eigenvalue weighted by Crippen LogP contribution is 2.46. The van der Waals surface area contributed by atoms with Gasteiger partial charge in [-0.05, 0) is 74.9 Å². The van der Waals surface area contributed by atoms with Gasteiger partial charge in [0, 0.05) is 61.6 Å². The molecule has 1 aliphatic rings. The SMILES string of the molecule is C=Nc1ccc(Nc2nc(Nc3cc(-c4cnn(C)c4)c(N4CC(C)OC(C)C4)cc3OC)ncc2Br)c(P(C)(C)=O)c1/N=C\C. The Labute approximate surface area is 277 Å². The van der Waals surface area contributed by atoms with Gasteiger partial charge in [-0.1, -0.05) is 0 Å². The van der Waals surface area contributed by atoms with Crippen molar-refractivity contribution in [2.24, 2.45) is 17.0 Å². The molecule has 0 amide bonds. The Bertz CT molecular complexity index is 1830. The van der Waals surface area contributed by atoms with Crippen LogP contribution in [0.15, 0.2) is 57.3 Å². The molecule has 0 aliphatic carbocycles. The summed E-state index contributed by atoms with van der Waals surface area (Å²) >= 11 is 3.57. The minimum Gasteiger partial charge on any atom is -0.494 e. The zero-order valence-corrected chi connectivity index (χ0v) is 29.6. The maximum atomic E-state index is 13.5. The van der Waals surface area contributed by atoms with E-state index in [1.165, 1.54) is 0 Å². The van der Waals surface area contributed by atoms with Crippen LogP contribution in [0, 0.1) is 0 Å². The Kier molecular flexibility index (Phi) is 9.95. The Morgan fingerprint density at radius 1 is 1.15 bits per heavy atom. The molecule has 12 nitrogen and oxygen atoms in total. The summed E-state index contributed by atoms with van der Waals surface area (Å²) in [5.41, 5.74) is 5.31. The summed E-state index contributed by atoms with van der Waals surface area (Å²) in [5.74, 6) is 1.43. The number of aromatic nitrogens is 4. The Morgan fingerprint density at radius 3 is 2.50 bits per heavy atom. The van der Waals surface area contributed by atoms with Crippen molar-refractivity contribution in [1.82, 2.24) is 19.7 Å². The van der Waals surface area contributed by atoms with Gasteiger partial charge in [-0.2, -0.15) is 10.1 Å². The molecule has 2 unspecified atom stereocenters. The van der Waals surface area contributed by atoms with Crippen LogP contribution in [0.1, 0.15) is 20.8 Å². The van der Waals surface area contributed by atoms with Gasteiger partial charge in [0.1, 0.15) is 24.4 Å². The Morgan fingerprint density at radius 2 is 1.89 bits per heavy atom. The fourth-order valence-electron chi connectivity index (χ4n) is 5.63. The maximum Gasteiger partial charge on any atom is 0.229 e. The van der Waals surface area contributed by atoms with Gasteiger partial charge in [-0.3, -0.25) is 14.7 Å². The maximum absolute atomic E-state index is 13.5. The van der Waals surface area contributed by atoms with Gasteiger partial charge in [0.25, 0.3) is 0 Å². The van der Waals surface area contributed by atoms with Crippen LogP contribution in [0.3, 0.4) is 0 Å². The predicted octanol–water partition coefficient (Wildman–Crippen LogP) is 7.05. The first-order valence-corrected chi connectivity index (χ1v) is 18.2. The molecule has 3 heterocycles. The first-order chi connectivity index (χ1) is 21.9. The lowest BCUT2D eigenvalue weighted by atomic mass is 10.0. The van der Waals surface area contributed by atoms with Crippen LogP contribution < -0.4 is 25.6 Å². The molecule has 0 radical (unpaired) electrons. The van der Waals surface area contributed by atoms with E-state index in [-0.39, 0.29) is 12.2 Å². The third-order valence-corrected chi connectivity index (χ3v) is 9.54. The number of benzene rings is 2. The second-order valence-electron chi connectivity index (χ2n) is 11.5. The van der Waals surface area contributed by atoms with Crippen molar-refractivity contribution < 1.29 is 14.0 Å². The molecule has 1 fully saturated rings. The van der Waals surface area contributed by atoms with Crippen molar-refractivity contribution in [3.05, 3.63) is 47.3 Å². The summed E-state index contributed by atoms with van der Waals surface area (Å²) in [6.45, 7) is 14.5. The van der Waals surface area contributed by atoms with Crippen molar-refractivity contribution in [2.45, 2.75) is 33.0 Å². The van der Waals surface area contributed by atoms with Gasteiger partial charge in [0.15, 0.2) is 0 Å². The average molecular weight is 709 g/mol. The quantitative estimate of drug-likeness (QED) is 0.131. The molecule has 0 bridgehead atoms. The van der Waals surface area contributed by atoms with Crippen molar-refractivity contribution in [3.8, 4) is 16.9 Å². The van der Waals surface area contributed by atoms with E-state index in [0.717, 1.165) is 29.9 Å². The molecule has 5 rings (SSSR count). The number of aliphatic imine (C=N–C) groups is 2. The molecule has 1 aliphatic heterocycles. The van der Waals surface area contributed by atoms with E-state index >= 15 is 0 Å². The summed E-state index contributed by atoms with van der Waals surface area (Å²) in [6, 6.07) is 7.66. The van der Waals surface area contributed by atoms with Crippen molar-refractivity contribution in [1.29, 1.82) is 0 Å². The molecule has 2 aromatic heterocycles. The minimum absolute atomic E-state index is 0.0836. The van der Waals surface area contributed by atoms with E-state index in [1.807, 2.05) is 37.6 Å². The number of nitrogens with one attached hydrogen (secondary N) is 2. The van der Waals surface area contributed by atoms with Crippen molar-refractivity contribution in [3.63, 3.8) is 0 Å². The zero-order valence-electron chi connectivity index (χ0n) is 27.1. The lowest BCUT2D eigenvalue weighted by Crippen LogP contribution is -2.45. The van der Waals surface area contributed by atoms with Crippen LogP contribution in [0.4, 0.5) is 40.2 Å². The zero-order chi connectivity index (χ0) is 33.2. The molecule has 0 saturated carbocycles. The first kappa shape index (κ1) is 33.3. The summed E-state index contributed by atoms with van der Waals surface area (Å²) in [6.07, 6.45) is 7.30. The summed E-state index contributed by atoms with van der Waals surface area (Å²) in [7, 11) is 0.715. The summed E-state index contributed by atoms with van der Waals surface area (Å²) in [5, 5.41) is 11.7. The number of ether oxygens (including phenoxy) is 2. The summed E-state index contributed by atoms with van der Waals surface area (Å²) < 4.78 is 27.8. The molecule has 2 aromatic carbocycles. The molecule has 1 saturated heterocycles. The Hall–Kier alpha value is -4.06. The second kappa shape index (κ2) is 13.7. The van der Waals surface area contributed by atoms with Gasteiger partial charge in [0.05, 0.1) is 52.4 Å². The predicted molar refractivity (Wildman–Crippen MR) is 192 cm³/mol. The van der Waals surface area contributed by atoms with Crippen LogP contribution in [-0.4, -0.2) is 78.4 Å². The van der Waals surface area contributed by atoms with Gasteiger partial charge in [-0.25, -0.2) is 4.98 Å². The van der Waals surface area contributed by atoms with Crippen LogP contribution in [0.2, 0.25) is 0 Å². The van der Waals surface area contributed by atoms with Gasteiger partial charge in [0.2, 0.25) is 5.95 Å². The van der Waals surface area contributed by atoms with Gasteiger partial charge >= 0.3 is 0 Å². The molecular formula is C32H39BrN9O3P. The highest BCUT2D eigenvalue weighted by molar-refractivity contribution is 9.10. The lowest BCUT2D eigenvalue weighted by molar-refractivity contribution is -0.00519. The molecule has 242 valence electrons. The number of methoxy groups -OCH3 is 1. The van der Waals surface area contributed by atoms with Crippen LogP contribution in [-0.2, 0) is 16.3 Å². The fourth-order valence-corrected chi connectivity index (χ4v) is 7.31. The number of nitrogens with zero attached hydrogens (tertiary/aromatic N) is 7. The molecule has 46 heavy (non-hydrogen) atoms. The number of hydrogen-bond acceptors (Lipinski definition) is 11. The normalized spacial score (nSPS) is 16.9. The third-order valence-electron chi connectivity index (χ3n) is 7.43. The molecule has 0 spiro atoms. The number of aryl methyl sites for hydroxylation is 1. The van der Waals surface area contributed by atoms with E-state index in [1.54, 1.807) is 50.5 Å². The second-order valence-corrected chi connectivity index (χ2v) is 15.5. The van der Waals surface area contributed by atoms with Gasteiger partial charge in [-0.15, -0.1) is 0 Å². The molecular weight excluding hydrogens is 669 g/mol. The largest absolute Gasteiger partial charge is 0.494 e. The highest BCUT2D eigenvalue weighted by Gasteiger charge is 2.27. The molecule has 4 aromatic rings. The highest BCUT2D eigenvalue weighted by atomic mass is 79.9. The molecule has 2 atom stereocenters. The van der Waals surface area contributed by atoms with Crippen molar-refractivity contribution >= 4 is 81.5 Å². The lowest BCUT2D eigenvalue weighted by Gasteiger charge is -2.38. The van der Waals surface area contributed by atoms with Gasteiger partial charge < -0.3 is 29.6 Å². The van der Waals surface area contributed by atoms with E-state index < -0.39 is 7.14 Å². The molecule has 2 N–H and O–H groups in total. The van der Waals surface area contributed by atoms with E-state index in [2.05, 4.69) is 72.1 Å². The topological polar surface area (TPSA) is 131 Å². The number of morpholine rings is 1. The number of hydrogen-bond donors (Lipinski definition) is 2. The first-order valence-electron chi connectivity index (χ1n) is 14.8. The number of halogens is 1. The van der Waals surface area contributed by atoms with E-state index in [4.69, 9.17) is 14.5 Å². The third kappa shape index (κ3) is 7.16. The van der Waals surface area contributed by atoms with Crippen LogP contribution in [0.25, 0.3) is 11.1 Å². The summed E-state index contributed by atoms with van der Waals surface area (Å²) in [4.78, 5) is 20.2. The van der Waals surface area contributed by atoms with Crippen LogP contribution >= 0.6 is 23.1 Å². The Balaban J connectivity index is 1.55. The monoisotopic (exact) mass is 707 g/mol. The average Bonchev–Trinajstić information content (AvgIpc) is 3.43. The standard InChI is InChI=1S/C32H39BrN9O3P/c1-9-35-29-24(34-4)10-11-25(30(29)46(7,8)43)38-31-23(33)15-36-32(40-31)39-26-12-22(21-14-37-41(5)18-21)27(13-28(26)44-6)42-16-19(2)45-20(3)17-42/h9-15,18-20H,4,16-17H2,1-3,5-8H3,(H2,36,38,39,40)/b35-9-. The minimum atomic E-state index is -2.82. The van der Waals surface area contributed by atoms with Crippen LogP contribution in [0.5, 0.6) is 5.75 Å². The fraction of sp³-hybridized carbons (Fsp3) is 0.344. The number of anilines is 5. The molecule has 14 heteroatoms. The van der Waals surface area contributed by atoms with E-state index in [0.29, 0.717) is 50.0 Å².